The summed E-state index contributed by atoms with van der Waals surface area (Å²) in [5.74, 6) is -1.11. The maximum Gasteiger partial charge on any atom is 0.343 e. The predicted octanol–water partition coefficient (Wildman–Crippen LogP) is 6.33. The Morgan fingerprint density at radius 1 is 1.06 bits per heavy atom. The number of rotatable bonds is 7. The third kappa shape index (κ3) is 5.72. The van der Waals surface area contributed by atoms with Gasteiger partial charge in [0, 0.05) is 10.6 Å². The van der Waals surface area contributed by atoms with E-state index >= 15 is 0 Å². The summed E-state index contributed by atoms with van der Waals surface area (Å²) in [6.45, 7) is 1.94. The fourth-order valence-corrected chi connectivity index (χ4v) is 4.35. The molecule has 0 N–H and O–H groups in total. The highest BCUT2D eigenvalue weighted by atomic mass is 35.5. The first-order chi connectivity index (χ1) is 16.9. The van der Waals surface area contributed by atoms with Gasteiger partial charge in [0.25, 0.3) is 11.1 Å². The quantitative estimate of drug-likeness (QED) is 0.209. The molecule has 2 amide bonds. The molecule has 6 nitrogen and oxygen atoms in total. The Morgan fingerprint density at radius 2 is 1.86 bits per heavy atom. The Bertz CT molecular complexity index is 1340. The van der Waals surface area contributed by atoms with Crippen LogP contribution in [-0.2, 0) is 11.3 Å². The first-order valence-electron chi connectivity index (χ1n) is 10.6. The zero-order valence-corrected chi connectivity index (χ0v) is 20.1. The normalized spacial score (nSPS) is 14.5. The summed E-state index contributed by atoms with van der Waals surface area (Å²) in [4.78, 5) is 38.9. The van der Waals surface area contributed by atoms with Crippen LogP contribution in [0.25, 0.3) is 6.08 Å². The van der Waals surface area contributed by atoms with Crippen molar-refractivity contribution in [3.8, 4) is 11.5 Å². The number of hydrogen-bond donors (Lipinski definition) is 0. The second-order valence-electron chi connectivity index (χ2n) is 7.40. The molecular formula is C26H19ClFNO5S. The lowest BCUT2D eigenvalue weighted by Gasteiger charge is -2.13. The van der Waals surface area contributed by atoms with Crippen molar-refractivity contribution in [1.29, 1.82) is 0 Å². The van der Waals surface area contributed by atoms with Crippen LogP contribution in [0.2, 0.25) is 5.02 Å². The molecule has 178 valence electrons. The molecule has 0 radical (unpaired) electrons. The zero-order valence-electron chi connectivity index (χ0n) is 18.5. The van der Waals surface area contributed by atoms with Gasteiger partial charge in [-0.1, -0.05) is 41.9 Å². The van der Waals surface area contributed by atoms with Crippen molar-refractivity contribution in [2.24, 2.45) is 0 Å². The van der Waals surface area contributed by atoms with Crippen molar-refractivity contribution >= 4 is 46.6 Å². The Hall–Kier alpha value is -3.62. The standard InChI is InChI=1S/C26H19ClFNO5S/c1-2-33-22-12-16(10-11-21(22)34-25(31)17-7-5-8-19(27)14-17)13-23-24(30)29(26(32)35-23)15-18-6-3-4-9-20(18)28/h3-14H,2,15H2,1H3/b23-13-. The van der Waals surface area contributed by atoms with Gasteiger partial charge in [-0.2, -0.15) is 0 Å². The number of carbonyl (C=O) groups is 3. The number of imide groups is 1. The van der Waals surface area contributed by atoms with Crippen molar-refractivity contribution in [3.63, 3.8) is 0 Å². The minimum absolute atomic E-state index is 0.155. The van der Waals surface area contributed by atoms with Gasteiger partial charge in [0.2, 0.25) is 0 Å². The average Bonchev–Trinajstić information content (AvgIpc) is 3.09. The van der Waals surface area contributed by atoms with Gasteiger partial charge < -0.3 is 9.47 Å². The van der Waals surface area contributed by atoms with Gasteiger partial charge >= 0.3 is 5.97 Å². The van der Waals surface area contributed by atoms with Gasteiger partial charge in [-0.25, -0.2) is 9.18 Å². The number of carbonyl (C=O) groups excluding carboxylic acids is 3. The van der Waals surface area contributed by atoms with Crippen LogP contribution >= 0.6 is 23.4 Å². The summed E-state index contributed by atoms with van der Waals surface area (Å²) in [5, 5.41) is -0.0783. The van der Waals surface area contributed by atoms with E-state index in [9.17, 15) is 18.8 Å². The molecule has 4 rings (SSSR count). The van der Waals surface area contributed by atoms with Crippen LogP contribution in [0.15, 0.2) is 71.6 Å². The van der Waals surface area contributed by atoms with E-state index in [2.05, 4.69) is 0 Å². The van der Waals surface area contributed by atoms with Crippen molar-refractivity contribution in [3.05, 3.63) is 99.2 Å². The van der Waals surface area contributed by atoms with Crippen molar-refractivity contribution < 1.29 is 28.2 Å². The number of benzene rings is 3. The number of nitrogens with zero attached hydrogens (tertiary/aromatic N) is 1. The number of amides is 2. The average molecular weight is 512 g/mol. The molecule has 1 aliphatic rings. The molecule has 0 spiro atoms. The van der Waals surface area contributed by atoms with Gasteiger partial charge in [0.05, 0.1) is 23.6 Å². The molecule has 1 heterocycles. The smallest absolute Gasteiger partial charge is 0.343 e. The third-order valence-electron chi connectivity index (χ3n) is 4.99. The molecule has 9 heteroatoms. The monoisotopic (exact) mass is 511 g/mol. The molecule has 3 aromatic rings. The van der Waals surface area contributed by atoms with Crippen LogP contribution in [0, 0.1) is 5.82 Å². The van der Waals surface area contributed by atoms with Gasteiger partial charge in [-0.05, 0) is 66.7 Å². The van der Waals surface area contributed by atoms with Gasteiger partial charge in [-0.15, -0.1) is 0 Å². The minimum Gasteiger partial charge on any atom is -0.490 e. The van der Waals surface area contributed by atoms with Crippen LogP contribution in [-0.4, -0.2) is 28.6 Å². The van der Waals surface area contributed by atoms with Crippen LogP contribution in [0.4, 0.5) is 9.18 Å². The molecule has 0 unspecified atom stereocenters. The number of ether oxygens (including phenoxy) is 2. The van der Waals surface area contributed by atoms with Gasteiger partial charge in [0.15, 0.2) is 11.5 Å². The van der Waals surface area contributed by atoms with Crippen molar-refractivity contribution in [2.45, 2.75) is 13.5 Å². The maximum atomic E-state index is 14.0. The molecule has 0 bridgehead atoms. The van der Waals surface area contributed by atoms with Crippen molar-refractivity contribution in [2.75, 3.05) is 6.61 Å². The van der Waals surface area contributed by atoms with Crippen molar-refractivity contribution in [1.82, 2.24) is 4.90 Å². The lowest BCUT2D eigenvalue weighted by molar-refractivity contribution is -0.123. The maximum absolute atomic E-state index is 14.0. The highest BCUT2D eigenvalue weighted by molar-refractivity contribution is 8.18. The first-order valence-corrected chi connectivity index (χ1v) is 11.8. The molecule has 0 aromatic heterocycles. The van der Waals surface area contributed by atoms with E-state index in [0.29, 0.717) is 22.9 Å². The summed E-state index contributed by atoms with van der Waals surface area (Å²) >= 11 is 6.72. The summed E-state index contributed by atoms with van der Waals surface area (Å²) in [5.41, 5.74) is 1.10. The molecule has 3 aromatic carbocycles. The Balaban J connectivity index is 1.55. The van der Waals surface area contributed by atoms with Crippen LogP contribution in [0.1, 0.15) is 28.4 Å². The Kier molecular flexibility index (Phi) is 7.53. The van der Waals surface area contributed by atoms with E-state index in [1.54, 1.807) is 55.5 Å². The minimum atomic E-state index is -0.601. The fraction of sp³-hybridized carbons (Fsp3) is 0.115. The highest BCUT2D eigenvalue weighted by Crippen LogP contribution is 2.36. The lowest BCUT2D eigenvalue weighted by Crippen LogP contribution is -2.27. The largest absolute Gasteiger partial charge is 0.490 e. The molecule has 1 aliphatic heterocycles. The molecule has 0 atom stereocenters. The highest BCUT2D eigenvalue weighted by Gasteiger charge is 2.35. The second-order valence-corrected chi connectivity index (χ2v) is 8.83. The fourth-order valence-electron chi connectivity index (χ4n) is 3.33. The molecular weight excluding hydrogens is 493 g/mol. The van der Waals surface area contributed by atoms with Gasteiger partial charge in [0.1, 0.15) is 5.82 Å². The SMILES string of the molecule is CCOc1cc(/C=C2\SC(=O)N(Cc3ccccc3F)C2=O)ccc1OC(=O)c1cccc(Cl)c1. The summed E-state index contributed by atoms with van der Waals surface area (Å²) in [6, 6.07) is 17.1. The number of thioether (sulfide) groups is 1. The number of esters is 1. The second kappa shape index (κ2) is 10.8. The molecule has 35 heavy (non-hydrogen) atoms. The number of hydrogen-bond acceptors (Lipinski definition) is 6. The molecule has 1 saturated heterocycles. The van der Waals surface area contributed by atoms with E-state index in [0.717, 1.165) is 16.7 Å². The summed E-state index contributed by atoms with van der Waals surface area (Å²) in [7, 11) is 0. The molecule has 1 fully saturated rings. The number of halogens is 2. The Labute approximate surface area is 210 Å². The van der Waals surface area contributed by atoms with E-state index in [4.69, 9.17) is 21.1 Å². The summed E-state index contributed by atoms with van der Waals surface area (Å²) in [6.07, 6.45) is 1.54. The van der Waals surface area contributed by atoms with Gasteiger partial charge in [-0.3, -0.25) is 14.5 Å². The lowest BCUT2D eigenvalue weighted by atomic mass is 10.1. The van der Waals surface area contributed by atoms with E-state index < -0.39 is 22.9 Å². The van der Waals surface area contributed by atoms with Crippen LogP contribution in [0.5, 0.6) is 11.5 Å². The predicted molar refractivity (Wildman–Crippen MR) is 132 cm³/mol. The first kappa shape index (κ1) is 24.5. The van der Waals surface area contributed by atoms with E-state index in [1.807, 2.05) is 0 Å². The molecule has 0 aliphatic carbocycles. The van der Waals surface area contributed by atoms with E-state index in [-0.39, 0.29) is 28.3 Å². The van der Waals surface area contributed by atoms with Crippen LogP contribution in [0.3, 0.4) is 0 Å². The third-order valence-corrected chi connectivity index (χ3v) is 6.13. The molecule has 0 saturated carbocycles. The topological polar surface area (TPSA) is 72.9 Å². The zero-order chi connectivity index (χ0) is 24.9. The van der Waals surface area contributed by atoms with Crippen LogP contribution < -0.4 is 9.47 Å². The summed E-state index contributed by atoms with van der Waals surface area (Å²) < 4.78 is 25.1. The van der Waals surface area contributed by atoms with E-state index in [1.165, 1.54) is 24.3 Å². The Morgan fingerprint density at radius 3 is 2.60 bits per heavy atom.